The Morgan fingerprint density at radius 3 is 2.89 bits per heavy atom. The fourth-order valence-corrected chi connectivity index (χ4v) is 3.05. The third-order valence-electron chi connectivity index (χ3n) is 4.41. The summed E-state index contributed by atoms with van der Waals surface area (Å²) in [7, 11) is 0. The van der Waals surface area contributed by atoms with Crippen molar-refractivity contribution in [1.82, 2.24) is 24.8 Å². The Balaban J connectivity index is 1.68. The zero-order chi connectivity index (χ0) is 19.8. The van der Waals surface area contributed by atoms with Gasteiger partial charge in [0.25, 0.3) is 5.91 Å². The Bertz CT molecular complexity index is 1200. The number of aromatic amines is 1. The molecule has 1 amide bonds. The molecule has 3 heterocycles. The Kier molecular flexibility index (Phi) is 4.56. The summed E-state index contributed by atoms with van der Waals surface area (Å²) in [5.74, 6) is 0.172. The van der Waals surface area contributed by atoms with Crippen molar-refractivity contribution < 1.29 is 9.18 Å². The number of hydrogen-bond donors (Lipinski definition) is 2. The number of aryl methyl sites for hydroxylation is 2. The van der Waals surface area contributed by atoms with Crippen molar-refractivity contribution in [3.63, 3.8) is 0 Å². The topological polar surface area (TPSA) is 88.0 Å². The van der Waals surface area contributed by atoms with Crippen molar-refractivity contribution in [2.75, 3.05) is 5.32 Å². The van der Waals surface area contributed by atoms with Crippen molar-refractivity contribution in [3.05, 3.63) is 64.5 Å². The van der Waals surface area contributed by atoms with Crippen molar-refractivity contribution in [1.29, 1.82) is 0 Å². The first-order valence-corrected chi connectivity index (χ1v) is 9.00. The highest BCUT2D eigenvalue weighted by molar-refractivity contribution is 6.30. The number of amides is 1. The van der Waals surface area contributed by atoms with Gasteiger partial charge in [0.1, 0.15) is 11.6 Å². The molecule has 0 radical (unpaired) electrons. The molecule has 3 aromatic heterocycles. The molecule has 4 aromatic rings. The largest absolute Gasteiger partial charge is 0.325 e. The lowest BCUT2D eigenvalue weighted by Gasteiger charge is -2.10. The molecule has 0 spiro atoms. The summed E-state index contributed by atoms with van der Waals surface area (Å²) in [6.45, 7) is 3.64. The highest BCUT2D eigenvalue weighted by Gasteiger charge is 2.17. The summed E-state index contributed by atoms with van der Waals surface area (Å²) in [5, 5.41) is 15.4. The molecule has 0 unspecified atom stereocenters. The molecule has 0 aliphatic carbocycles. The Morgan fingerprint density at radius 1 is 1.32 bits per heavy atom. The third-order valence-corrected chi connectivity index (χ3v) is 4.63. The second kappa shape index (κ2) is 7.05. The molecular weight excluding hydrogens is 383 g/mol. The fourth-order valence-electron chi connectivity index (χ4n) is 2.89. The predicted molar refractivity (Wildman–Crippen MR) is 104 cm³/mol. The van der Waals surface area contributed by atoms with E-state index in [1.807, 2.05) is 6.92 Å². The first kappa shape index (κ1) is 18.1. The van der Waals surface area contributed by atoms with Gasteiger partial charge in [0, 0.05) is 18.3 Å². The van der Waals surface area contributed by atoms with E-state index in [2.05, 4.69) is 25.6 Å². The Labute approximate surface area is 164 Å². The van der Waals surface area contributed by atoms with Gasteiger partial charge in [0.05, 0.1) is 27.9 Å². The second-order valence-corrected chi connectivity index (χ2v) is 6.75. The van der Waals surface area contributed by atoms with Crippen LogP contribution in [0.1, 0.15) is 28.7 Å². The van der Waals surface area contributed by atoms with Crippen molar-refractivity contribution in [2.45, 2.75) is 20.3 Å². The summed E-state index contributed by atoms with van der Waals surface area (Å²) in [4.78, 5) is 15.8. The quantitative estimate of drug-likeness (QED) is 0.543. The van der Waals surface area contributed by atoms with Crippen LogP contribution in [-0.2, 0) is 6.42 Å². The molecule has 0 aliphatic heterocycles. The molecule has 0 fully saturated rings. The average molecular weight is 399 g/mol. The van der Waals surface area contributed by atoms with Gasteiger partial charge in [-0.15, -0.1) is 10.2 Å². The smallest absolute Gasteiger partial charge is 0.259 e. The van der Waals surface area contributed by atoms with Crippen LogP contribution in [0, 0.1) is 12.7 Å². The number of rotatable bonds is 4. The molecule has 2 N–H and O–H groups in total. The Morgan fingerprint density at radius 2 is 2.14 bits per heavy atom. The van der Waals surface area contributed by atoms with Crippen LogP contribution in [-0.4, -0.2) is 30.7 Å². The second-order valence-electron chi connectivity index (χ2n) is 6.31. The molecule has 4 rings (SSSR count). The van der Waals surface area contributed by atoms with E-state index < -0.39 is 5.82 Å². The molecule has 7 nitrogen and oxygen atoms in total. The lowest BCUT2D eigenvalue weighted by molar-refractivity contribution is 0.102. The number of carbonyl (C=O) groups excluding carboxylic acids is 1. The zero-order valence-corrected chi connectivity index (χ0v) is 15.9. The molecule has 0 atom stereocenters. The van der Waals surface area contributed by atoms with Gasteiger partial charge in [-0.1, -0.05) is 18.5 Å². The number of halogens is 2. The standard InChI is InChI=1S/C19H16ClFN6O/c1-3-17-24-18(26-25-17)12-7-15(10(2)6-14(12)21)23-19(28)13-8-22-27-9-11(20)4-5-16(13)27/h4-9H,3H2,1-2H3,(H,23,28)(H,24,25,26). The summed E-state index contributed by atoms with van der Waals surface area (Å²) in [5.41, 5.74) is 2.30. The maximum absolute atomic E-state index is 14.5. The van der Waals surface area contributed by atoms with Gasteiger partial charge >= 0.3 is 0 Å². The molecule has 0 aliphatic rings. The fraction of sp³-hybridized carbons (Fsp3) is 0.158. The number of nitrogens with one attached hydrogen (secondary N) is 2. The van der Waals surface area contributed by atoms with E-state index in [0.29, 0.717) is 45.4 Å². The third kappa shape index (κ3) is 3.22. The number of fused-ring (bicyclic) bond motifs is 1. The molecule has 142 valence electrons. The Hall–Kier alpha value is -3.26. The van der Waals surface area contributed by atoms with Crippen LogP contribution in [0.5, 0.6) is 0 Å². The monoisotopic (exact) mass is 398 g/mol. The van der Waals surface area contributed by atoms with E-state index in [1.54, 1.807) is 31.3 Å². The minimum Gasteiger partial charge on any atom is -0.325 e. The maximum atomic E-state index is 14.5. The van der Waals surface area contributed by atoms with Crippen LogP contribution >= 0.6 is 11.6 Å². The number of aromatic nitrogens is 5. The minimum atomic E-state index is -0.445. The predicted octanol–water partition coefficient (Wildman–Crippen LogP) is 4.04. The van der Waals surface area contributed by atoms with Gasteiger partial charge in [0.15, 0.2) is 5.82 Å². The van der Waals surface area contributed by atoms with Crippen LogP contribution in [0.25, 0.3) is 16.9 Å². The summed E-state index contributed by atoms with van der Waals surface area (Å²) < 4.78 is 16.0. The van der Waals surface area contributed by atoms with Gasteiger partial charge in [-0.2, -0.15) is 5.10 Å². The van der Waals surface area contributed by atoms with E-state index in [9.17, 15) is 9.18 Å². The van der Waals surface area contributed by atoms with Gasteiger partial charge in [-0.3, -0.25) is 4.79 Å². The summed E-state index contributed by atoms with van der Waals surface area (Å²) in [6.07, 6.45) is 3.73. The van der Waals surface area contributed by atoms with E-state index >= 15 is 0 Å². The number of pyridine rings is 1. The van der Waals surface area contributed by atoms with Crippen molar-refractivity contribution in [2.24, 2.45) is 0 Å². The van der Waals surface area contributed by atoms with Crippen LogP contribution in [0.4, 0.5) is 10.1 Å². The number of nitrogens with zero attached hydrogens (tertiary/aromatic N) is 4. The molecule has 1 aromatic carbocycles. The molecule has 0 saturated carbocycles. The van der Waals surface area contributed by atoms with Gasteiger partial charge in [-0.25, -0.2) is 8.91 Å². The number of anilines is 1. The maximum Gasteiger partial charge on any atom is 0.259 e. The molecule has 28 heavy (non-hydrogen) atoms. The van der Waals surface area contributed by atoms with Crippen LogP contribution in [0.3, 0.4) is 0 Å². The highest BCUT2D eigenvalue weighted by Crippen LogP contribution is 2.27. The van der Waals surface area contributed by atoms with E-state index in [1.165, 1.54) is 16.8 Å². The van der Waals surface area contributed by atoms with Gasteiger partial charge in [0.2, 0.25) is 0 Å². The zero-order valence-electron chi connectivity index (χ0n) is 15.1. The normalized spacial score (nSPS) is 11.1. The summed E-state index contributed by atoms with van der Waals surface area (Å²) in [6, 6.07) is 6.31. The highest BCUT2D eigenvalue weighted by atomic mass is 35.5. The first-order chi connectivity index (χ1) is 13.5. The van der Waals surface area contributed by atoms with E-state index in [4.69, 9.17) is 11.6 Å². The lowest BCUT2D eigenvalue weighted by atomic mass is 10.1. The number of benzene rings is 1. The van der Waals surface area contributed by atoms with Crippen LogP contribution in [0.15, 0.2) is 36.7 Å². The van der Waals surface area contributed by atoms with E-state index in [0.717, 1.165) is 0 Å². The summed E-state index contributed by atoms with van der Waals surface area (Å²) >= 11 is 5.95. The van der Waals surface area contributed by atoms with Crippen molar-refractivity contribution in [3.8, 4) is 11.4 Å². The van der Waals surface area contributed by atoms with Gasteiger partial charge < -0.3 is 10.3 Å². The number of hydrogen-bond acceptors (Lipinski definition) is 4. The molecular formula is C19H16ClFN6O. The molecule has 9 heteroatoms. The first-order valence-electron chi connectivity index (χ1n) is 8.62. The lowest BCUT2D eigenvalue weighted by Crippen LogP contribution is -2.13. The SMILES string of the molecule is CCc1nnc(-c2cc(NC(=O)c3cnn4cc(Cl)ccc34)c(C)cc2F)[nH]1. The van der Waals surface area contributed by atoms with Crippen LogP contribution in [0.2, 0.25) is 5.02 Å². The van der Waals surface area contributed by atoms with Crippen LogP contribution < -0.4 is 5.32 Å². The average Bonchev–Trinajstić information content (AvgIpc) is 3.30. The number of carbonyl (C=O) groups is 1. The minimum absolute atomic E-state index is 0.236. The number of H-pyrrole nitrogens is 1. The van der Waals surface area contributed by atoms with E-state index in [-0.39, 0.29) is 11.5 Å². The van der Waals surface area contributed by atoms with Gasteiger partial charge in [-0.05, 0) is 36.8 Å². The molecule has 0 saturated heterocycles. The van der Waals surface area contributed by atoms with Crippen molar-refractivity contribution >= 4 is 28.7 Å². The molecule has 0 bridgehead atoms.